The molecule has 1 atom stereocenters. The van der Waals surface area contributed by atoms with Crippen molar-refractivity contribution in [3.05, 3.63) is 23.8 Å². The topological polar surface area (TPSA) is 44.5 Å². The standard InChI is InChI=1S/C16H23NO2S/c1-18-15-13(16(17)8-4-9-16)6-2-7-14(15)19-12-5-3-10-20-11-12/h2,6-7,12H,3-5,8-11,17H2,1H3. The Hall–Kier alpha value is -0.870. The van der Waals surface area contributed by atoms with Crippen molar-refractivity contribution in [2.24, 2.45) is 5.73 Å². The molecule has 0 amide bonds. The molecule has 1 aromatic rings. The summed E-state index contributed by atoms with van der Waals surface area (Å²) in [5.41, 5.74) is 7.35. The Kier molecular flexibility index (Phi) is 4.13. The van der Waals surface area contributed by atoms with Gasteiger partial charge in [-0.25, -0.2) is 0 Å². The second-order valence-electron chi connectivity index (χ2n) is 5.80. The Morgan fingerprint density at radius 1 is 1.30 bits per heavy atom. The molecule has 1 heterocycles. The van der Waals surface area contributed by atoms with Gasteiger partial charge in [0.2, 0.25) is 0 Å². The highest BCUT2D eigenvalue weighted by molar-refractivity contribution is 7.99. The number of hydrogen-bond donors (Lipinski definition) is 1. The van der Waals surface area contributed by atoms with Gasteiger partial charge >= 0.3 is 0 Å². The van der Waals surface area contributed by atoms with Gasteiger partial charge < -0.3 is 15.2 Å². The summed E-state index contributed by atoms with van der Waals surface area (Å²) >= 11 is 1.97. The summed E-state index contributed by atoms with van der Waals surface area (Å²) in [6.45, 7) is 0. The molecule has 0 spiro atoms. The van der Waals surface area contributed by atoms with E-state index in [-0.39, 0.29) is 5.54 Å². The fourth-order valence-electron chi connectivity index (χ4n) is 3.02. The first-order valence-corrected chi connectivity index (χ1v) is 8.59. The minimum atomic E-state index is -0.216. The monoisotopic (exact) mass is 293 g/mol. The van der Waals surface area contributed by atoms with E-state index in [4.69, 9.17) is 15.2 Å². The van der Waals surface area contributed by atoms with Crippen molar-refractivity contribution in [1.82, 2.24) is 0 Å². The van der Waals surface area contributed by atoms with E-state index in [1.807, 2.05) is 23.9 Å². The lowest BCUT2D eigenvalue weighted by molar-refractivity contribution is 0.196. The van der Waals surface area contributed by atoms with Gasteiger partial charge in [0.1, 0.15) is 6.10 Å². The van der Waals surface area contributed by atoms with Crippen LogP contribution < -0.4 is 15.2 Å². The van der Waals surface area contributed by atoms with Crippen LogP contribution in [0.3, 0.4) is 0 Å². The van der Waals surface area contributed by atoms with Crippen molar-refractivity contribution in [1.29, 1.82) is 0 Å². The third kappa shape index (κ3) is 2.63. The summed E-state index contributed by atoms with van der Waals surface area (Å²) < 4.78 is 11.8. The van der Waals surface area contributed by atoms with Crippen molar-refractivity contribution in [2.75, 3.05) is 18.6 Å². The van der Waals surface area contributed by atoms with E-state index in [1.165, 1.54) is 18.6 Å². The first kappa shape index (κ1) is 14.1. The number of methoxy groups -OCH3 is 1. The third-order valence-electron chi connectivity index (χ3n) is 4.38. The molecule has 2 fully saturated rings. The summed E-state index contributed by atoms with van der Waals surface area (Å²) in [4.78, 5) is 0. The molecule has 2 N–H and O–H groups in total. The van der Waals surface area contributed by atoms with Crippen LogP contribution in [-0.2, 0) is 5.54 Å². The van der Waals surface area contributed by atoms with Crippen LogP contribution in [0.25, 0.3) is 0 Å². The normalized spacial score (nSPS) is 24.8. The molecule has 0 aromatic heterocycles. The minimum absolute atomic E-state index is 0.216. The summed E-state index contributed by atoms with van der Waals surface area (Å²) in [6.07, 6.45) is 5.93. The quantitative estimate of drug-likeness (QED) is 0.925. The Morgan fingerprint density at radius 2 is 2.15 bits per heavy atom. The van der Waals surface area contributed by atoms with Gasteiger partial charge in [-0.1, -0.05) is 12.1 Å². The van der Waals surface area contributed by atoms with Crippen LogP contribution in [0.4, 0.5) is 0 Å². The zero-order valence-corrected chi connectivity index (χ0v) is 12.9. The molecule has 2 aliphatic rings. The van der Waals surface area contributed by atoms with Gasteiger partial charge in [-0.3, -0.25) is 0 Å². The number of thioether (sulfide) groups is 1. The first-order chi connectivity index (χ1) is 9.73. The van der Waals surface area contributed by atoms with Gasteiger partial charge in [0.25, 0.3) is 0 Å². The van der Waals surface area contributed by atoms with Crippen molar-refractivity contribution >= 4 is 11.8 Å². The summed E-state index contributed by atoms with van der Waals surface area (Å²) in [5.74, 6) is 4.02. The molecular formula is C16H23NO2S. The van der Waals surface area contributed by atoms with Crippen molar-refractivity contribution in [3.8, 4) is 11.5 Å². The number of para-hydroxylation sites is 1. The molecule has 1 aliphatic heterocycles. The van der Waals surface area contributed by atoms with Crippen LogP contribution in [-0.4, -0.2) is 24.7 Å². The molecule has 3 nitrogen and oxygen atoms in total. The fourth-order valence-corrected chi connectivity index (χ4v) is 4.06. The maximum Gasteiger partial charge on any atom is 0.165 e. The van der Waals surface area contributed by atoms with Gasteiger partial charge in [0.15, 0.2) is 11.5 Å². The van der Waals surface area contributed by atoms with E-state index in [9.17, 15) is 0 Å². The molecule has 1 aromatic carbocycles. The zero-order valence-electron chi connectivity index (χ0n) is 12.1. The summed E-state index contributed by atoms with van der Waals surface area (Å²) in [7, 11) is 1.71. The van der Waals surface area contributed by atoms with Crippen molar-refractivity contribution in [2.45, 2.75) is 43.7 Å². The van der Waals surface area contributed by atoms with Gasteiger partial charge in [-0.2, -0.15) is 11.8 Å². The number of hydrogen-bond acceptors (Lipinski definition) is 4. The van der Waals surface area contributed by atoms with E-state index >= 15 is 0 Å². The van der Waals surface area contributed by atoms with Crippen molar-refractivity contribution < 1.29 is 9.47 Å². The predicted octanol–water partition coefficient (Wildman–Crippen LogP) is 3.31. The molecular weight excluding hydrogens is 270 g/mol. The minimum Gasteiger partial charge on any atom is -0.493 e. The van der Waals surface area contributed by atoms with Gasteiger partial charge in [-0.05, 0) is 43.9 Å². The van der Waals surface area contributed by atoms with Crippen LogP contribution in [0.1, 0.15) is 37.7 Å². The highest BCUT2D eigenvalue weighted by Gasteiger charge is 2.37. The van der Waals surface area contributed by atoms with E-state index in [0.717, 1.165) is 42.1 Å². The second kappa shape index (κ2) is 5.86. The molecule has 1 aliphatic carbocycles. The zero-order chi connectivity index (χ0) is 14.0. The summed E-state index contributed by atoms with van der Waals surface area (Å²) in [6, 6.07) is 6.13. The number of nitrogens with two attached hydrogens (primary N) is 1. The van der Waals surface area contributed by atoms with E-state index in [0.29, 0.717) is 6.10 Å². The van der Waals surface area contributed by atoms with E-state index in [2.05, 4.69) is 6.07 Å². The van der Waals surface area contributed by atoms with E-state index < -0.39 is 0 Å². The average molecular weight is 293 g/mol. The lowest BCUT2D eigenvalue weighted by Gasteiger charge is -2.39. The molecule has 4 heteroatoms. The Balaban J connectivity index is 1.84. The van der Waals surface area contributed by atoms with Crippen LogP contribution >= 0.6 is 11.8 Å². The van der Waals surface area contributed by atoms with Crippen LogP contribution in [0.5, 0.6) is 11.5 Å². The average Bonchev–Trinajstić information content (AvgIpc) is 2.45. The highest BCUT2D eigenvalue weighted by Crippen LogP contribution is 2.46. The van der Waals surface area contributed by atoms with Crippen LogP contribution in [0, 0.1) is 0 Å². The lowest BCUT2D eigenvalue weighted by Crippen LogP contribution is -2.43. The predicted molar refractivity (Wildman–Crippen MR) is 83.7 cm³/mol. The van der Waals surface area contributed by atoms with Gasteiger partial charge in [-0.15, -0.1) is 0 Å². The van der Waals surface area contributed by atoms with Gasteiger partial charge in [0, 0.05) is 16.9 Å². The van der Waals surface area contributed by atoms with Gasteiger partial charge in [0.05, 0.1) is 7.11 Å². The molecule has 3 rings (SSSR count). The molecule has 0 radical (unpaired) electrons. The maximum atomic E-state index is 6.46. The summed E-state index contributed by atoms with van der Waals surface area (Å²) in [5, 5.41) is 0. The fraction of sp³-hybridized carbons (Fsp3) is 0.625. The first-order valence-electron chi connectivity index (χ1n) is 7.44. The molecule has 20 heavy (non-hydrogen) atoms. The Bertz CT molecular complexity index is 468. The molecule has 1 saturated carbocycles. The number of ether oxygens (including phenoxy) is 2. The molecule has 0 bridgehead atoms. The third-order valence-corrected chi connectivity index (χ3v) is 5.56. The van der Waals surface area contributed by atoms with Crippen LogP contribution in [0.15, 0.2) is 18.2 Å². The number of benzene rings is 1. The van der Waals surface area contributed by atoms with Crippen LogP contribution in [0.2, 0.25) is 0 Å². The lowest BCUT2D eigenvalue weighted by atomic mass is 9.72. The highest BCUT2D eigenvalue weighted by atomic mass is 32.2. The smallest absolute Gasteiger partial charge is 0.165 e. The largest absolute Gasteiger partial charge is 0.493 e. The molecule has 1 saturated heterocycles. The van der Waals surface area contributed by atoms with Crippen molar-refractivity contribution in [3.63, 3.8) is 0 Å². The maximum absolute atomic E-state index is 6.46. The second-order valence-corrected chi connectivity index (χ2v) is 6.95. The Morgan fingerprint density at radius 3 is 2.75 bits per heavy atom. The molecule has 1 unspecified atom stereocenters. The molecule has 110 valence electrons. The Labute approximate surface area is 125 Å². The number of rotatable bonds is 4. The van der Waals surface area contributed by atoms with E-state index in [1.54, 1.807) is 7.11 Å². The SMILES string of the molecule is COc1c(OC2CCCSC2)cccc1C1(N)CCC1.